The van der Waals surface area contributed by atoms with E-state index in [4.69, 9.17) is 0 Å². The van der Waals surface area contributed by atoms with E-state index in [1.54, 1.807) is 26.0 Å². The highest BCUT2D eigenvalue weighted by Crippen LogP contribution is 2.51. The highest BCUT2D eigenvalue weighted by molar-refractivity contribution is 6.16. The van der Waals surface area contributed by atoms with Gasteiger partial charge in [-0.15, -0.1) is 0 Å². The van der Waals surface area contributed by atoms with Gasteiger partial charge in [0.15, 0.2) is 23.0 Å². The third kappa shape index (κ3) is 4.74. The lowest BCUT2D eigenvalue weighted by Crippen LogP contribution is -2.32. The molecule has 4 aromatic rings. The van der Waals surface area contributed by atoms with Crippen LogP contribution in [0.3, 0.4) is 0 Å². The smallest absolute Gasteiger partial charge is 0.256 e. The van der Waals surface area contributed by atoms with Crippen molar-refractivity contribution in [2.45, 2.75) is 77.3 Å². The van der Waals surface area contributed by atoms with E-state index in [1.165, 1.54) is 0 Å². The number of nitrogens with one attached hydrogen (secondary N) is 2. The molecule has 2 fully saturated rings. The van der Waals surface area contributed by atoms with Crippen molar-refractivity contribution in [3.63, 3.8) is 0 Å². The molecule has 0 aromatic heterocycles. The van der Waals surface area contributed by atoms with Crippen molar-refractivity contribution in [3.05, 3.63) is 46.5 Å². The van der Waals surface area contributed by atoms with Gasteiger partial charge in [0.05, 0.1) is 11.1 Å². The van der Waals surface area contributed by atoms with Crippen molar-refractivity contribution >= 4 is 33.4 Å². The Morgan fingerprint density at radius 3 is 1.23 bits per heavy atom. The quantitative estimate of drug-likeness (QED) is 0.131. The fourth-order valence-electron chi connectivity index (χ4n) is 7.00. The summed E-state index contributed by atoms with van der Waals surface area (Å²) in [5, 5.41) is 72.3. The summed E-state index contributed by atoms with van der Waals surface area (Å²) in [6.45, 7) is 3.35. The van der Waals surface area contributed by atoms with Gasteiger partial charge in [-0.05, 0) is 74.9 Å². The van der Waals surface area contributed by atoms with Crippen molar-refractivity contribution in [2.75, 3.05) is 0 Å². The normalized spacial score (nSPS) is 15.8. The molecule has 230 valence electrons. The second-order valence-corrected chi connectivity index (χ2v) is 12.2. The number of fused-ring (bicyclic) bond motifs is 2. The van der Waals surface area contributed by atoms with Crippen LogP contribution in [0.25, 0.3) is 32.7 Å². The van der Waals surface area contributed by atoms with E-state index in [0.717, 1.165) is 63.5 Å². The predicted octanol–water partition coefficient (Wildman–Crippen LogP) is 5.86. The van der Waals surface area contributed by atoms with Crippen molar-refractivity contribution in [1.29, 1.82) is 0 Å². The molecule has 4 aromatic carbocycles. The number of aryl methyl sites for hydroxylation is 2. The van der Waals surface area contributed by atoms with Gasteiger partial charge in [-0.2, -0.15) is 0 Å². The molecular formula is C34H36N2O8. The second kappa shape index (κ2) is 11.0. The number of rotatable bonds is 5. The lowest BCUT2D eigenvalue weighted by Gasteiger charge is -2.21. The van der Waals surface area contributed by atoms with Gasteiger partial charge in [0.1, 0.15) is 11.5 Å². The summed E-state index contributed by atoms with van der Waals surface area (Å²) >= 11 is 0. The summed E-state index contributed by atoms with van der Waals surface area (Å²) in [5.74, 6) is -4.18. The molecule has 6 rings (SSSR count). The molecule has 0 spiro atoms. The first-order valence-corrected chi connectivity index (χ1v) is 15.0. The van der Waals surface area contributed by atoms with Crippen LogP contribution in [0.1, 0.15) is 83.2 Å². The summed E-state index contributed by atoms with van der Waals surface area (Å²) < 4.78 is 0. The minimum atomic E-state index is -0.594. The molecule has 0 saturated heterocycles. The largest absolute Gasteiger partial charge is 0.507 e. The minimum absolute atomic E-state index is 0.0496. The summed E-state index contributed by atoms with van der Waals surface area (Å²) in [6, 6.07) is 5.43. The van der Waals surface area contributed by atoms with Crippen molar-refractivity contribution in [1.82, 2.24) is 10.6 Å². The van der Waals surface area contributed by atoms with Crippen LogP contribution in [0.4, 0.5) is 0 Å². The fourth-order valence-corrected chi connectivity index (χ4v) is 7.00. The van der Waals surface area contributed by atoms with Crippen molar-refractivity contribution in [2.24, 2.45) is 0 Å². The zero-order chi connectivity index (χ0) is 31.4. The number of aromatic hydroxyl groups is 6. The van der Waals surface area contributed by atoms with Gasteiger partial charge in [0, 0.05) is 44.8 Å². The third-order valence-electron chi connectivity index (χ3n) is 9.22. The molecule has 10 nitrogen and oxygen atoms in total. The zero-order valence-corrected chi connectivity index (χ0v) is 24.6. The molecule has 2 amide bonds. The van der Waals surface area contributed by atoms with Crippen LogP contribution in [-0.4, -0.2) is 54.5 Å². The number of phenolic OH excluding ortho intramolecular Hbond substituents is 6. The van der Waals surface area contributed by atoms with Gasteiger partial charge in [-0.3, -0.25) is 9.59 Å². The molecule has 0 unspecified atom stereocenters. The lowest BCUT2D eigenvalue weighted by atomic mass is 9.87. The summed E-state index contributed by atoms with van der Waals surface area (Å²) in [5.41, 5.74) is 0.992. The summed E-state index contributed by atoms with van der Waals surface area (Å²) in [6.07, 6.45) is 7.20. The number of amides is 2. The Balaban J connectivity index is 1.53. The number of benzene rings is 4. The summed E-state index contributed by atoms with van der Waals surface area (Å²) in [7, 11) is 0. The first-order chi connectivity index (χ1) is 21.0. The Hall–Kier alpha value is -4.86. The van der Waals surface area contributed by atoms with E-state index in [9.17, 15) is 40.2 Å². The van der Waals surface area contributed by atoms with Crippen LogP contribution in [0.15, 0.2) is 24.3 Å². The molecule has 10 heteroatoms. The molecular weight excluding hydrogens is 564 g/mol. The molecule has 0 radical (unpaired) electrons. The average Bonchev–Trinajstić information content (AvgIpc) is 3.68. The van der Waals surface area contributed by atoms with Crippen molar-refractivity contribution < 1.29 is 40.2 Å². The van der Waals surface area contributed by atoms with E-state index in [0.29, 0.717) is 11.1 Å². The highest BCUT2D eigenvalue weighted by atomic mass is 16.3. The molecule has 0 aliphatic heterocycles. The van der Waals surface area contributed by atoms with Gasteiger partial charge < -0.3 is 41.3 Å². The Morgan fingerprint density at radius 1 is 0.545 bits per heavy atom. The Bertz CT molecular complexity index is 1720. The monoisotopic (exact) mass is 600 g/mol. The fraction of sp³-hybridized carbons (Fsp3) is 0.353. The van der Waals surface area contributed by atoms with Gasteiger partial charge >= 0.3 is 0 Å². The van der Waals surface area contributed by atoms with E-state index >= 15 is 0 Å². The van der Waals surface area contributed by atoms with Crippen LogP contribution in [0.2, 0.25) is 0 Å². The van der Waals surface area contributed by atoms with Crippen LogP contribution < -0.4 is 10.6 Å². The molecule has 2 aliphatic rings. The molecule has 2 saturated carbocycles. The standard InChI is InChI=1S/C34H36N2O8/c1-15-11-19-21(13-23(37)31(41)27(19)33(43)35-17-7-3-4-8-17)29(39)25(15)26-16(2)12-20-22(30(26)40)14-24(38)32(42)28(20)34(44)36-18-9-5-6-10-18/h11-14,17-18,37-42H,3-10H2,1-2H3,(H,35,43)(H,36,44). The van der Waals surface area contributed by atoms with E-state index in [1.807, 2.05) is 0 Å². The topological polar surface area (TPSA) is 180 Å². The van der Waals surface area contributed by atoms with Gasteiger partial charge in [0.2, 0.25) is 0 Å². The molecule has 0 atom stereocenters. The van der Waals surface area contributed by atoms with Gasteiger partial charge in [-0.1, -0.05) is 25.7 Å². The Labute approximate surface area is 253 Å². The van der Waals surface area contributed by atoms with Crippen LogP contribution in [-0.2, 0) is 0 Å². The Kier molecular flexibility index (Phi) is 7.31. The van der Waals surface area contributed by atoms with Gasteiger partial charge in [-0.25, -0.2) is 0 Å². The maximum Gasteiger partial charge on any atom is 0.256 e. The maximum atomic E-state index is 13.3. The van der Waals surface area contributed by atoms with E-state index in [2.05, 4.69) is 10.6 Å². The average molecular weight is 601 g/mol. The maximum absolute atomic E-state index is 13.3. The second-order valence-electron chi connectivity index (χ2n) is 12.2. The molecule has 8 N–H and O–H groups in total. The number of hydrogen-bond acceptors (Lipinski definition) is 8. The molecule has 44 heavy (non-hydrogen) atoms. The molecule has 0 heterocycles. The first-order valence-electron chi connectivity index (χ1n) is 15.0. The summed E-state index contributed by atoms with van der Waals surface area (Å²) in [4.78, 5) is 26.6. The van der Waals surface area contributed by atoms with E-state index < -0.39 is 34.8 Å². The van der Waals surface area contributed by atoms with Crippen LogP contribution >= 0.6 is 0 Å². The van der Waals surface area contributed by atoms with Crippen LogP contribution in [0, 0.1) is 13.8 Å². The van der Waals surface area contributed by atoms with Gasteiger partial charge in [0.25, 0.3) is 11.8 Å². The molecule has 2 aliphatic carbocycles. The number of carbonyl (C=O) groups excluding carboxylic acids is 2. The van der Waals surface area contributed by atoms with E-state index in [-0.39, 0.29) is 67.4 Å². The number of phenols is 6. The third-order valence-corrected chi connectivity index (χ3v) is 9.22. The SMILES string of the molecule is Cc1cc2c(C(=O)NC3CCCC3)c(O)c(O)cc2c(O)c1-c1c(C)cc2c(C(=O)NC3CCCC3)c(O)c(O)cc2c1O. The lowest BCUT2D eigenvalue weighted by molar-refractivity contribution is 0.0927. The predicted molar refractivity (Wildman–Crippen MR) is 166 cm³/mol. The highest BCUT2D eigenvalue weighted by Gasteiger charge is 2.29. The molecule has 0 bridgehead atoms. The first kappa shape index (κ1) is 29.2. The Morgan fingerprint density at radius 2 is 0.886 bits per heavy atom. The van der Waals surface area contributed by atoms with Crippen molar-refractivity contribution in [3.8, 4) is 45.6 Å². The number of carbonyl (C=O) groups is 2. The minimum Gasteiger partial charge on any atom is -0.507 e. The van der Waals surface area contributed by atoms with Crippen LogP contribution in [0.5, 0.6) is 34.5 Å². The number of hydrogen-bond donors (Lipinski definition) is 8. The zero-order valence-electron chi connectivity index (χ0n) is 24.6.